The molecule has 0 aliphatic carbocycles. The van der Waals surface area contributed by atoms with E-state index in [0.717, 1.165) is 19.4 Å². The number of aromatic nitrogens is 2. The Kier molecular flexibility index (Phi) is 4.14. The van der Waals surface area contributed by atoms with Crippen molar-refractivity contribution in [3.05, 3.63) is 18.7 Å². The van der Waals surface area contributed by atoms with E-state index in [9.17, 15) is 4.79 Å². The number of likely N-dealkylation sites (tertiary alicyclic amines) is 1. The van der Waals surface area contributed by atoms with E-state index in [-0.39, 0.29) is 11.9 Å². The highest BCUT2D eigenvalue weighted by Crippen LogP contribution is 2.17. The molecule has 2 N–H and O–H groups in total. The normalized spacial score (nSPS) is 20.5. The molecule has 0 aromatic carbocycles. The molecule has 1 saturated heterocycles. The third-order valence-corrected chi connectivity index (χ3v) is 3.36. The molecular weight excluding hydrogens is 216 g/mol. The predicted molar refractivity (Wildman–Crippen MR) is 65.3 cm³/mol. The highest BCUT2D eigenvalue weighted by Gasteiger charge is 2.24. The van der Waals surface area contributed by atoms with Crippen molar-refractivity contribution >= 4 is 5.91 Å². The van der Waals surface area contributed by atoms with Gasteiger partial charge in [-0.05, 0) is 19.3 Å². The molecule has 0 bridgehead atoms. The van der Waals surface area contributed by atoms with Crippen LogP contribution in [0.5, 0.6) is 0 Å². The molecule has 5 heteroatoms. The van der Waals surface area contributed by atoms with Gasteiger partial charge in [-0.1, -0.05) is 0 Å². The molecule has 1 aromatic heterocycles. The Morgan fingerprint density at radius 3 is 3.06 bits per heavy atom. The van der Waals surface area contributed by atoms with Crippen molar-refractivity contribution in [2.75, 3.05) is 13.1 Å². The molecule has 1 atom stereocenters. The first-order valence-corrected chi connectivity index (χ1v) is 6.26. The van der Waals surface area contributed by atoms with Crippen LogP contribution in [0, 0.1) is 0 Å². The average molecular weight is 236 g/mol. The second-order valence-electron chi connectivity index (χ2n) is 4.52. The molecule has 0 spiro atoms. The van der Waals surface area contributed by atoms with Crippen LogP contribution in [0.4, 0.5) is 0 Å². The standard InChI is InChI=1S/C12H20N4O/c13-9-11-3-1-2-6-16(11)12(17)4-7-15-8-5-14-10-15/h5,8,10-11H,1-4,6-7,9,13H2. The number of nitrogens with two attached hydrogens (primary N) is 1. The molecule has 0 saturated carbocycles. The second-order valence-corrected chi connectivity index (χ2v) is 4.52. The van der Waals surface area contributed by atoms with Crippen molar-refractivity contribution in [1.29, 1.82) is 0 Å². The molecule has 94 valence electrons. The number of hydrogen-bond donors (Lipinski definition) is 1. The highest BCUT2D eigenvalue weighted by molar-refractivity contribution is 5.76. The lowest BCUT2D eigenvalue weighted by Crippen LogP contribution is -2.47. The molecule has 1 aromatic rings. The molecular formula is C12H20N4O. The Morgan fingerprint density at radius 2 is 2.35 bits per heavy atom. The molecule has 1 aliphatic rings. The molecule has 2 rings (SSSR count). The van der Waals surface area contributed by atoms with Crippen molar-refractivity contribution in [1.82, 2.24) is 14.5 Å². The van der Waals surface area contributed by atoms with Crippen LogP contribution in [-0.4, -0.2) is 39.5 Å². The van der Waals surface area contributed by atoms with E-state index in [4.69, 9.17) is 5.73 Å². The van der Waals surface area contributed by atoms with E-state index in [0.29, 0.717) is 19.5 Å². The number of aryl methyl sites for hydroxylation is 1. The molecule has 5 nitrogen and oxygen atoms in total. The van der Waals surface area contributed by atoms with E-state index >= 15 is 0 Å². The number of carbonyl (C=O) groups excluding carboxylic acids is 1. The first-order chi connectivity index (χ1) is 8.31. The molecule has 0 radical (unpaired) electrons. The average Bonchev–Trinajstić information content (AvgIpc) is 2.89. The zero-order valence-electron chi connectivity index (χ0n) is 10.1. The lowest BCUT2D eigenvalue weighted by atomic mass is 10.0. The van der Waals surface area contributed by atoms with Gasteiger partial charge in [-0.25, -0.2) is 4.98 Å². The summed E-state index contributed by atoms with van der Waals surface area (Å²) in [5.41, 5.74) is 5.71. The van der Waals surface area contributed by atoms with Crippen LogP contribution in [0.2, 0.25) is 0 Å². The fourth-order valence-corrected chi connectivity index (χ4v) is 2.36. The van der Waals surface area contributed by atoms with Crippen LogP contribution in [-0.2, 0) is 11.3 Å². The summed E-state index contributed by atoms with van der Waals surface area (Å²) in [5, 5.41) is 0. The number of hydrogen-bond acceptors (Lipinski definition) is 3. The maximum absolute atomic E-state index is 12.1. The third-order valence-electron chi connectivity index (χ3n) is 3.36. The summed E-state index contributed by atoms with van der Waals surface area (Å²) < 4.78 is 1.93. The van der Waals surface area contributed by atoms with Crippen LogP contribution in [0.3, 0.4) is 0 Å². The van der Waals surface area contributed by atoms with E-state index < -0.39 is 0 Å². The molecule has 2 heterocycles. The smallest absolute Gasteiger partial charge is 0.224 e. The minimum atomic E-state index is 0.217. The highest BCUT2D eigenvalue weighted by atomic mass is 16.2. The molecule has 1 aliphatic heterocycles. The van der Waals surface area contributed by atoms with Gasteiger partial charge in [-0.2, -0.15) is 0 Å². The maximum Gasteiger partial charge on any atom is 0.224 e. The van der Waals surface area contributed by atoms with Crippen molar-refractivity contribution in [3.8, 4) is 0 Å². The van der Waals surface area contributed by atoms with Crippen LogP contribution in [0.25, 0.3) is 0 Å². The minimum Gasteiger partial charge on any atom is -0.338 e. The van der Waals surface area contributed by atoms with Gasteiger partial charge in [0.15, 0.2) is 0 Å². The van der Waals surface area contributed by atoms with Crippen molar-refractivity contribution in [2.24, 2.45) is 5.73 Å². The van der Waals surface area contributed by atoms with E-state index in [1.165, 1.54) is 6.42 Å². The summed E-state index contributed by atoms with van der Waals surface area (Å²) in [4.78, 5) is 18.0. The van der Waals surface area contributed by atoms with E-state index in [2.05, 4.69) is 4.98 Å². The molecule has 1 fully saturated rings. The fraction of sp³-hybridized carbons (Fsp3) is 0.667. The predicted octanol–water partition coefficient (Wildman–Crippen LogP) is 0.613. The summed E-state index contributed by atoms with van der Waals surface area (Å²) in [7, 11) is 0. The van der Waals surface area contributed by atoms with Gasteiger partial charge in [0.1, 0.15) is 0 Å². The second kappa shape index (κ2) is 5.82. The summed E-state index contributed by atoms with van der Waals surface area (Å²) in [5.74, 6) is 0.217. The number of amides is 1. The van der Waals surface area contributed by atoms with Gasteiger partial charge < -0.3 is 15.2 Å². The number of carbonyl (C=O) groups is 1. The van der Waals surface area contributed by atoms with Gasteiger partial charge in [-0.15, -0.1) is 0 Å². The summed E-state index contributed by atoms with van der Waals surface area (Å²) in [6.07, 6.45) is 9.22. The lowest BCUT2D eigenvalue weighted by molar-refractivity contribution is -0.134. The maximum atomic E-state index is 12.1. The van der Waals surface area contributed by atoms with Crippen molar-refractivity contribution in [3.63, 3.8) is 0 Å². The summed E-state index contributed by atoms with van der Waals surface area (Å²) >= 11 is 0. The molecule has 1 amide bonds. The zero-order chi connectivity index (χ0) is 12.1. The Hall–Kier alpha value is -1.36. The summed E-state index contributed by atoms with van der Waals surface area (Å²) in [6.45, 7) is 2.15. The largest absolute Gasteiger partial charge is 0.338 e. The van der Waals surface area contributed by atoms with Crippen molar-refractivity contribution in [2.45, 2.75) is 38.3 Å². The Morgan fingerprint density at radius 1 is 1.47 bits per heavy atom. The SMILES string of the molecule is NCC1CCCCN1C(=O)CCn1ccnc1. The van der Waals surface area contributed by atoms with Gasteiger partial charge in [-0.3, -0.25) is 4.79 Å². The first-order valence-electron chi connectivity index (χ1n) is 6.26. The minimum absolute atomic E-state index is 0.217. The van der Waals surface area contributed by atoms with Gasteiger partial charge in [0, 0.05) is 44.5 Å². The zero-order valence-corrected chi connectivity index (χ0v) is 10.1. The van der Waals surface area contributed by atoms with Gasteiger partial charge >= 0.3 is 0 Å². The van der Waals surface area contributed by atoms with Crippen LogP contribution >= 0.6 is 0 Å². The topological polar surface area (TPSA) is 64.2 Å². The lowest BCUT2D eigenvalue weighted by Gasteiger charge is -2.35. The number of imidazole rings is 1. The third kappa shape index (κ3) is 3.06. The van der Waals surface area contributed by atoms with Crippen molar-refractivity contribution < 1.29 is 4.79 Å². The first kappa shape index (κ1) is 12.1. The monoisotopic (exact) mass is 236 g/mol. The van der Waals surface area contributed by atoms with Crippen LogP contribution in [0.15, 0.2) is 18.7 Å². The molecule has 17 heavy (non-hydrogen) atoms. The fourth-order valence-electron chi connectivity index (χ4n) is 2.36. The van der Waals surface area contributed by atoms with E-state index in [1.54, 1.807) is 12.5 Å². The Bertz CT molecular complexity index is 349. The van der Waals surface area contributed by atoms with E-state index in [1.807, 2.05) is 15.7 Å². The van der Waals surface area contributed by atoms with Crippen LogP contribution in [0.1, 0.15) is 25.7 Å². The number of nitrogens with zero attached hydrogens (tertiary/aromatic N) is 3. The summed E-state index contributed by atoms with van der Waals surface area (Å²) in [6, 6.07) is 0.249. The number of rotatable bonds is 4. The Labute approximate surface area is 102 Å². The van der Waals surface area contributed by atoms with Crippen LogP contribution < -0.4 is 5.73 Å². The van der Waals surface area contributed by atoms with Gasteiger partial charge in [0.25, 0.3) is 0 Å². The molecule has 1 unspecified atom stereocenters. The number of piperidine rings is 1. The van der Waals surface area contributed by atoms with Gasteiger partial charge in [0.2, 0.25) is 5.91 Å². The van der Waals surface area contributed by atoms with Gasteiger partial charge in [0.05, 0.1) is 6.33 Å². The quantitative estimate of drug-likeness (QED) is 0.833. The Balaban J connectivity index is 1.85.